The molecule has 15 heavy (non-hydrogen) atoms. The first-order valence-corrected chi connectivity index (χ1v) is 5.79. The Hall–Kier alpha value is -0.610. The third-order valence-corrected chi connectivity index (χ3v) is 3.41. The molecule has 1 saturated heterocycles. The molecule has 1 fully saturated rings. The Bertz CT molecular complexity index is 218. The second kappa shape index (κ2) is 5.47. The van der Waals surface area contributed by atoms with Crippen molar-refractivity contribution in [3.63, 3.8) is 0 Å². The fourth-order valence-electron chi connectivity index (χ4n) is 2.23. The van der Waals surface area contributed by atoms with Crippen molar-refractivity contribution in [3.05, 3.63) is 0 Å². The van der Waals surface area contributed by atoms with E-state index in [1.54, 1.807) is 0 Å². The van der Waals surface area contributed by atoms with E-state index in [1.807, 2.05) is 0 Å². The fourth-order valence-corrected chi connectivity index (χ4v) is 2.23. The zero-order valence-corrected chi connectivity index (χ0v) is 9.78. The summed E-state index contributed by atoms with van der Waals surface area (Å²) < 4.78 is 0. The average Bonchev–Trinajstić information content (AvgIpc) is 2.61. The van der Waals surface area contributed by atoms with Gasteiger partial charge in [-0.15, -0.1) is 0 Å². The third-order valence-electron chi connectivity index (χ3n) is 3.41. The molecule has 1 aliphatic heterocycles. The monoisotopic (exact) mass is 213 g/mol. The molecule has 0 saturated carbocycles. The number of amides is 1. The smallest absolute Gasteiger partial charge is 0.234 e. The van der Waals surface area contributed by atoms with Crippen molar-refractivity contribution in [1.82, 2.24) is 4.90 Å². The summed E-state index contributed by atoms with van der Waals surface area (Å²) >= 11 is 0. The maximum absolute atomic E-state index is 11.2. The minimum atomic E-state index is -0.188. The van der Waals surface area contributed by atoms with Gasteiger partial charge in [-0.3, -0.25) is 9.69 Å². The summed E-state index contributed by atoms with van der Waals surface area (Å²) in [6.45, 7) is 6.91. The van der Waals surface area contributed by atoms with Crippen LogP contribution >= 0.6 is 0 Å². The summed E-state index contributed by atoms with van der Waals surface area (Å²) in [5.74, 6) is 0.834. The standard InChI is InChI=1S/C11H23N3O/c1-8(2)9(6-12)7-14-5-3-4-10(14)11(13)15/h8-10H,3-7,12H2,1-2H3,(H2,13,15). The van der Waals surface area contributed by atoms with Gasteiger partial charge in [0.15, 0.2) is 0 Å². The van der Waals surface area contributed by atoms with Gasteiger partial charge in [-0.2, -0.15) is 0 Å². The highest BCUT2D eigenvalue weighted by molar-refractivity contribution is 5.80. The number of nitrogens with zero attached hydrogens (tertiary/aromatic N) is 1. The lowest BCUT2D eigenvalue weighted by atomic mass is 9.95. The molecule has 1 rings (SSSR count). The molecule has 0 aliphatic carbocycles. The highest BCUT2D eigenvalue weighted by Gasteiger charge is 2.30. The minimum Gasteiger partial charge on any atom is -0.368 e. The molecule has 0 spiro atoms. The Kier molecular flexibility index (Phi) is 4.54. The Balaban J connectivity index is 2.52. The summed E-state index contributed by atoms with van der Waals surface area (Å²) in [4.78, 5) is 13.4. The van der Waals surface area contributed by atoms with Crippen LogP contribution in [0.4, 0.5) is 0 Å². The van der Waals surface area contributed by atoms with E-state index in [1.165, 1.54) is 0 Å². The van der Waals surface area contributed by atoms with E-state index in [-0.39, 0.29) is 11.9 Å². The highest BCUT2D eigenvalue weighted by atomic mass is 16.1. The molecule has 0 aromatic rings. The number of likely N-dealkylation sites (tertiary alicyclic amines) is 1. The predicted molar refractivity (Wildman–Crippen MR) is 61.2 cm³/mol. The normalized spacial score (nSPS) is 24.7. The van der Waals surface area contributed by atoms with Gasteiger partial charge in [-0.05, 0) is 37.8 Å². The first-order valence-electron chi connectivity index (χ1n) is 5.79. The van der Waals surface area contributed by atoms with Gasteiger partial charge >= 0.3 is 0 Å². The molecule has 1 aliphatic rings. The van der Waals surface area contributed by atoms with Crippen LogP contribution in [-0.4, -0.2) is 36.5 Å². The summed E-state index contributed by atoms with van der Waals surface area (Å²) in [6, 6.07) is -0.0576. The maximum Gasteiger partial charge on any atom is 0.234 e. The van der Waals surface area contributed by atoms with Crippen LogP contribution in [0.5, 0.6) is 0 Å². The van der Waals surface area contributed by atoms with Gasteiger partial charge in [0.05, 0.1) is 6.04 Å². The number of nitrogens with two attached hydrogens (primary N) is 2. The first kappa shape index (κ1) is 12.5. The van der Waals surface area contributed by atoms with Crippen LogP contribution < -0.4 is 11.5 Å². The Morgan fingerprint density at radius 3 is 2.67 bits per heavy atom. The Labute approximate surface area is 92.0 Å². The van der Waals surface area contributed by atoms with Crippen molar-refractivity contribution >= 4 is 5.91 Å². The topological polar surface area (TPSA) is 72.3 Å². The van der Waals surface area contributed by atoms with E-state index in [9.17, 15) is 4.79 Å². The summed E-state index contributed by atoms with van der Waals surface area (Å²) in [5, 5.41) is 0. The lowest BCUT2D eigenvalue weighted by molar-refractivity contribution is -0.122. The van der Waals surface area contributed by atoms with Crippen LogP contribution in [0, 0.1) is 11.8 Å². The molecule has 0 bridgehead atoms. The largest absolute Gasteiger partial charge is 0.368 e. The lowest BCUT2D eigenvalue weighted by Gasteiger charge is -2.28. The van der Waals surface area contributed by atoms with Crippen molar-refractivity contribution in [3.8, 4) is 0 Å². The Morgan fingerprint density at radius 2 is 2.20 bits per heavy atom. The molecule has 4 N–H and O–H groups in total. The maximum atomic E-state index is 11.2. The van der Waals surface area contributed by atoms with Crippen molar-refractivity contribution in [2.45, 2.75) is 32.7 Å². The van der Waals surface area contributed by atoms with Gasteiger partial charge in [0.2, 0.25) is 5.91 Å². The van der Waals surface area contributed by atoms with Crippen molar-refractivity contribution in [1.29, 1.82) is 0 Å². The van der Waals surface area contributed by atoms with E-state index in [0.29, 0.717) is 18.4 Å². The summed E-state index contributed by atoms with van der Waals surface area (Å²) in [7, 11) is 0. The molecule has 4 heteroatoms. The van der Waals surface area contributed by atoms with E-state index in [0.717, 1.165) is 25.9 Å². The van der Waals surface area contributed by atoms with Crippen LogP contribution in [0.3, 0.4) is 0 Å². The van der Waals surface area contributed by atoms with Crippen LogP contribution in [0.25, 0.3) is 0 Å². The van der Waals surface area contributed by atoms with Crippen LogP contribution in [0.15, 0.2) is 0 Å². The van der Waals surface area contributed by atoms with Gasteiger partial charge in [0, 0.05) is 6.54 Å². The molecule has 2 unspecified atom stereocenters. The van der Waals surface area contributed by atoms with Gasteiger partial charge < -0.3 is 11.5 Å². The molecule has 0 aromatic heterocycles. The quantitative estimate of drug-likeness (QED) is 0.683. The third kappa shape index (κ3) is 3.18. The minimum absolute atomic E-state index is 0.0576. The van der Waals surface area contributed by atoms with Crippen molar-refractivity contribution < 1.29 is 4.79 Å². The second-order valence-electron chi connectivity index (χ2n) is 4.80. The van der Waals surface area contributed by atoms with Crippen LogP contribution in [0.2, 0.25) is 0 Å². The Morgan fingerprint density at radius 1 is 1.53 bits per heavy atom. The highest BCUT2D eigenvalue weighted by Crippen LogP contribution is 2.20. The van der Waals surface area contributed by atoms with Gasteiger partial charge in [0.25, 0.3) is 0 Å². The predicted octanol–water partition coefficient (Wildman–Crippen LogP) is 0.167. The summed E-state index contributed by atoms with van der Waals surface area (Å²) in [5.41, 5.74) is 11.1. The van der Waals surface area contributed by atoms with Crippen molar-refractivity contribution in [2.75, 3.05) is 19.6 Å². The fraction of sp³-hybridized carbons (Fsp3) is 0.909. The number of rotatable bonds is 5. The molecule has 0 aromatic carbocycles. The lowest BCUT2D eigenvalue weighted by Crippen LogP contribution is -2.44. The number of primary amides is 1. The molecular weight excluding hydrogens is 190 g/mol. The van der Waals surface area contributed by atoms with Crippen molar-refractivity contribution in [2.24, 2.45) is 23.3 Å². The molecule has 0 radical (unpaired) electrons. The number of carbonyl (C=O) groups excluding carboxylic acids is 1. The average molecular weight is 213 g/mol. The SMILES string of the molecule is CC(C)C(CN)CN1CCCC1C(N)=O. The van der Waals surface area contributed by atoms with Gasteiger partial charge in [-0.25, -0.2) is 0 Å². The zero-order chi connectivity index (χ0) is 11.4. The zero-order valence-electron chi connectivity index (χ0n) is 9.78. The molecule has 1 amide bonds. The molecule has 4 nitrogen and oxygen atoms in total. The first-order chi connectivity index (χ1) is 7.06. The molecule has 88 valence electrons. The van der Waals surface area contributed by atoms with Gasteiger partial charge in [-0.1, -0.05) is 13.8 Å². The number of hydrogen-bond acceptors (Lipinski definition) is 3. The second-order valence-corrected chi connectivity index (χ2v) is 4.80. The van der Waals surface area contributed by atoms with E-state index >= 15 is 0 Å². The molecule has 2 atom stereocenters. The number of hydrogen-bond donors (Lipinski definition) is 2. The van der Waals surface area contributed by atoms with Crippen LogP contribution in [-0.2, 0) is 4.79 Å². The number of carbonyl (C=O) groups is 1. The van der Waals surface area contributed by atoms with Crippen LogP contribution in [0.1, 0.15) is 26.7 Å². The van der Waals surface area contributed by atoms with E-state index in [2.05, 4.69) is 18.7 Å². The molecular formula is C11H23N3O. The van der Waals surface area contributed by atoms with Gasteiger partial charge in [0.1, 0.15) is 0 Å². The molecule has 1 heterocycles. The summed E-state index contributed by atoms with van der Waals surface area (Å²) in [6.07, 6.45) is 1.98. The van der Waals surface area contributed by atoms with E-state index < -0.39 is 0 Å². The van der Waals surface area contributed by atoms with E-state index in [4.69, 9.17) is 11.5 Å².